The zero-order chi connectivity index (χ0) is 30.8. The molecular formula is C30H33N5O7. The van der Waals surface area contributed by atoms with Crippen LogP contribution in [0.5, 0.6) is 5.75 Å². The summed E-state index contributed by atoms with van der Waals surface area (Å²) in [7, 11) is 0. The molecule has 0 amide bonds. The van der Waals surface area contributed by atoms with Crippen molar-refractivity contribution in [3.63, 3.8) is 0 Å². The molecule has 220 valence electrons. The molecule has 12 nitrogen and oxygen atoms in total. The fraction of sp³-hybridized carbons (Fsp3) is 0.267. The SMILES string of the molecule is C=C(C)C(=O)OCCc1cc(OCCC2=CC=CC(=O)C2=O)c(/N=N\c2ccc(CC(=O)O)c(N)c2N)cc1CCN. The summed E-state index contributed by atoms with van der Waals surface area (Å²) in [4.78, 5) is 46.8. The van der Waals surface area contributed by atoms with Gasteiger partial charge in [-0.1, -0.05) is 24.8 Å². The maximum absolute atomic E-state index is 12.2. The van der Waals surface area contributed by atoms with Crippen LogP contribution in [0, 0.1) is 0 Å². The molecular weight excluding hydrogens is 542 g/mol. The first kappa shape index (κ1) is 31.4. The molecule has 0 saturated heterocycles. The summed E-state index contributed by atoms with van der Waals surface area (Å²) in [5.74, 6) is -2.41. The van der Waals surface area contributed by atoms with Gasteiger partial charge in [-0.2, -0.15) is 0 Å². The first-order chi connectivity index (χ1) is 20.0. The molecule has 0 fully saturated rings. The Morgan fingerprint density at radius 2 is 1.67 bits per heavy atom. The summed E-state index contributed by atoms with van der Waals surface area (Å²) in [5, 5.41) is 17.7. The lowest BCUT2D eigenvalue weighted by Crippen LogP contribution is -2.18. The molecule has 2 aromatic carbocycles. The maximum Gasteiger partial charge on any atom is 0.333 e. The molecule has 12 heteroatoms. The molecule has 1 aliphatic rings. The van der Waals surface area contributed by atoms with Crippen LogP contribution < -0.4 is 21.9 Å². The quantitative estimate of drug-likeness (QED) is 0.0643. The Bertz CT molecular complexity index is 1510. The molecule has 1 aliphatic carbocycles. The van der Waals surface area contributed by atoms with Crippen molar-refractivity contribution in [2.75, 3.05) is 31.2 Å². The third kappa shape index (κ3) is 8.21. The average molecular weight is 576 g/mol. The van der Waals surface area contributed by atoms with E-state index >= 15 is 0 Å². The molecule has 42 heavy (non-hydrogen) atoms. The van der Waals surface area contributed by atoms with E-state index in [9.17, 15) is 19.2 Å². The molecule has 0 aliphatic heterocycles. The number of nitrogen functional groups attached to an aromatic ring is 2. The van der Waals surface area contributed by atoms with Crippen molar-refractivity contribution in [3.05, 3.63) is 76.9 Å². The van der Waals surface area contributed by atoms with Crippen molar-refractivity contribution in [1.82, 2.24) is 0 Å². The Kier molecular flexibility index (Phi) is 10.9. The standard InChI is InChI=1S/C30H33N5O7/c1-17(2)30(40)42-13-10-20-15-25(41-12-9-18-4-3-5-24(36)29(18)39)23(14-19(20)8-11-31)35-34-22-7-6-21(16-26(37)38)27(32)28(22)33/h3-7,14-15H,1,8-13,16,31-33H2,2H3,(H,37,38)/b35-34-. The number of benzene rings is 2. The van der Waals surface area contributed by atoms with Gasteiger partial charge < -0.3 is 31.8 Å². The molecule has 0 bridgehead atoms. The highest BCUT2D eigenvalue weighted by Crippen LogP contribution is 2.36. The van der Waals surface area contributed by atoms with Gasteiger partial charge in [-0.3, -0.25) is 14.4 Å². The highest BCUT2D eigenvalue weighted by atomic mass is 16.5. The third-order valence-corrected chi connectivity index (χ3v) is 6.30. The van der Waals surface area contributed by atoms with Crippen molar-refractivity contribution in [2.45, 2.75) is 32.6 Å². The van der Waals surface area contributed by atoms with Gasteiger partial charge in [0.15, 0.2) is 0 Å². The topological polar surface area (TPSA) is 210 Å². The van der Waals surface area contributed by atoms with Crippen LogP contribution in [0.2, 0.25) is 0 Å². The normalized spacial score (nSPS) is 12.9. The zero-order valence-electron chi connectivity index (χ0n) is 23.2. The van der Waals surface area contributed by atoms with Gasteiger partial charge in [-0.15, -0.1) is 10.2 Å². The third-order valence-electron chi connectivity index (χ3n) is 6.30. The van der Waals surface area contributed by atoms with E-state index in [1.807, 2.05) is 0 Å². The minimum atomic E-state index is -1.05. The van der Waals surface area contributed by atoms with Crippen LogP contribution in [0.4, 0.5) is 22.7 Å². The van der Waals surface area contributed by atoms with Gasteiger partial charge in [-0.25, -0.2) is 4.79 Å². The van der Waals surface area contributed by atoms with Crippen molar-refractivity contribution in [2.24, 2.45) is 16.0 Å². The second kappa shape index (κ2) is 14.5. The lowest BCUT2D eigenvalue weighted by molar-refractivity contribution is -0.139. The number of esters is 1. The Hall–Kier alpha value is -5.10. The number of hydrogen-bond donors (Lipinski definition) is 4. The van der Waals surface area contributed by atoms with Crippen LogP contribution >= 0.6 is 0 Å². The minimum Gasteiger partial charge on any atom is -0.491 e. The van der Waals surface area contributed by atoms with Gasteiger partial charge in [0.1, 0.15) is 17.1 Å². The number of carboxylic acid groups (broad SMARTS) is 1. The number of nitrogens with two attached hydrogens (primary N) is 3. The van der Waals surface area contributed by atoms with E-state index in [1.54, 1.807) is 25.1 Å². The van der Waals surface area contributed by atoms with Gasteiger partial charge in [-0.05, 0) is 60.9 Å². The number of ether oxygens (including phenoxy) is 2. The van der Waals surface area contributed by atoms with Crippen molar-refractivity contribution in [1.29, 1.82) is 0 Å². The Morgan fingerprint density at radius 3 is 2.36 bits per heavy atom. The number of azo groups is 1. The van der Waals surface area contributed by atoms with Crippen LogP contribution in [-0.2, 0) is 43.2 Å². The molecule has 0 saturated carbocycles. The number of carbonyl (C=O) groups is 4. The summed E-state index contributed by atoms with van der Waals surface area (Å²) >= 11 is 0. The molecule has 0 spiro atoms. The predicted molar refractivity (Wildman–Crippen MR) is 157 cm³/mol. The minimum absolute atomic E-state index is 0.0561. The molecule has 0 heterocycles. The van der Waals surface area contributed by atoms with Crippen molar-refractivity contribution < 1.29 is 33.8 Å². The number of anilines is 2. The summed E-state index contributed by atoms with van der Waals surface area (Å²) < 4.78 is 11.3. The molecule has 0 aromatic heterocycles. The van der Waals surface area contributed by atoms with Crippen LogP contribution in [0.1, 0.15) is 30.0 Å². The lowest BCUT2D eigenvalue weighted by atomic mass is 9.99. The van der Waals surface area contributed by atoms with E-state index in [4.69, 9.17) is 31.8 Å². The lowest BCUT2D eigenvalue weighted by Gasteiger charge is -2.16. The fourth-order valence-electron chi connectivity index (χ4n) is 4.06. The van der Waals surface area contributed by atoms with E-state index in [1.165, 1.54) is 24.3 Å². The summed E-state index contributed by atoms with van der Waals surface area (Å²) in [6.45, 7) is 5.63. The largest absolute Gasteiger partial charge is 0.491 e. The summed E-state index contributed by atoms with van der Waals surface area (Å²) in [5.41, 5.74) is 21.3. The van der Waals surface area contributed by atoms with Crippen LogP contribution in [0.25, 0.3) is 0 Å². The molecule has 0 unspecified atom stereocenters. The van der Waals surface area contributed by atoms with E-state index in [0.717, 1.165) is 11.1 Å². The first-order valence-corrected chi connectivity index (χ1v) is 13.1. The summed E-state index contributed by atoms with van der Waals surface area (Å²) in [6, 6.07) is 6.53. The number of hydrogen-bond acceptors (Lipinski definition) is 11. The fourth-order valence-corrected chi connectivity index (χ4v) is 4.06. The van der Waals surface area contributed by atoms with Crippen LogP contribution in [-0.4, -0.2) is 48.4 Å². The Balaban J connectivity index is 1.94. The van der Waals surface area contributed by atoms with Gasteiger partial charge >= 0.3 is 11.9 Å². The van der Waals surface area contributed by atoms with E-state index < -0.39 is 23.5 Å². The van der Waals surface area contributed by atoms with E-state index in [2.05, 4.69) is 16.8 Å². The highest BCUT2D eigenvalue weighted by molar-refractivity contribution is 6.48. The molecule has 3 rings (SSSR count). The van der Waals surface area contributed by atoms with Crippen LogP contribution in [0.3, 0.4) is 0 Å². The number of Topliss-reactive ketones (excluding diaryl/α,β-unsaturated/α-hetero) is 1. The van der Waals surface area contributed by atoms with Gasteiger partial charge in [0, 0.05) is 24.0 Å². The number of carboxylic acids is 1. The Morgan fingerprint density at radius 1 is 0.952 bits per heavy atom. The predicted octanol–water partition coefficient (Wildman–Crippen LogP) is 3.46. The van der Waals surface area contributed by atoms with Gasteiger partial charge in [0.2, 0.25) is 11.6 Å². The van der Waals surface area contributed by atoms with Gasteiger partial charge in [0.05, 0.1) is 31.0 Å². The van der Waals surface area contributed by atoms with Crippen LogP contribution in [0.15, 0.2) is 70.4 Å². The van der Waals surface area contributed by atoms with E-state index in [-0.39, 0.29) is 48.7 Å². The highest BCUT2D eigenvalue weighted by Gasteiger charge is 2.19. The first-order valence-electron chi connectivity index (χ1n) is 13.1. The molecule has 7 N–H and O–H groups in total. The number of carbonyl (C=O) groups excluding carboxylic acids is 3. The van der Waals surface area contributed by atoms with Crippen molar-refractivity contribution in [3.8, 4) is 5.75 Å². The number of nitrogens with zero attached hydrogens (tertiary/aromatic N) is 2. The number of ketones is 2. The second-order valence-corrected chi connectivity index (χ2v) is 9.48. The number of aliphatic carboxylic acids is 1. The average Bonchev–Trinajstić information content (AvgIpc) is 2.94. The monoisotopic (exact) mass is 575 g/mol. The molecule has 2 aromatic rings. The molecule has 0 radical (unpaired) electrons. The zero-order valence-corrected chi connectivity index (χ0v) is 23.2. The Labute approximate surface area is 242 Å². The van der Waals surface area contributed by atoms with Crippen molar-refractivity contribution >= 4 is 46.3 Å². The number of allylic oxidation sites excluding steroid dienone is 3. The summed E-state index contributed by atoms with van der Waals surface area (Å²) in [6.07, 6.45) is 5.03. The smallest absolute Gasteiger partial charge is 0.333 e. The van der Waals surface area contributed by atoms with E-state index in [0.29, 0.717) is 42.0 Å². The maximum atomic E-state index is 12.2. The van der Waals surface area contributed by atoms with Gasteiger partial charge in [0.25, 0.3) is 0 Å². The second-order valence-electron chi connectivity index (χ2n) is 9.48. The number of rotatable bonds is 14. The molecule has 0 atom stereocenters.